The minimum atomic E-state index is -3.95. The first-order valence-corrected chi connectivity index (χ1v) is 9.88. The molecule has 4 aromatic rings. The molecule has 0 saturated heterocycles. The maximum absolute atomic E-state index is 13.9. The summed E-state index contributed by atoms with van der Waals surface area (Å²) in [4.78, 5) is 14.8. The van der Waals surface area contributed by atoms with Crippen LogP contribution in [0.5, 0.6) is 0 Å². The summed E-state index contributed by atoms with van der Waals surface area (Å²) >= 11 is 0. The highest BCUT2D eigenvalue weighted by Crippen LogP contribution is 2.33. The first kappa shape index (κ1) is 18.6. The number of carbonyl (C=O) groups is 1. The van der Waals surface area contributed by atoms with Crippen LogP contribution in [0, 0.1) is 5.82 Å². The van der Waals surface area contributed by atoms with Crippen molar-refractivity contribution in [1.82, 2.24) is 8.96 Å². The third kappa shape index (κ3) is 3.43. The number of carboxylic acid groups (broad SMARTS) is 1. The summed E-state index contributed by atoms with van der Waals surface area (Å²) in [6.45, 7) is 0. The molecule has 0 unspecified atom stereocenters. The van der Waals surface area contributed by atoms with Gasteiger partial charge in [-0.3, -0.25) is 5.32 Å². The molecule has 0 fully saturated rings. The van der Waals surface area contributed by atoms with Gasteiger partial charge in [0.15, 0.2) is 0 Å². The van der Waals surface area contributed by atoms with Gasteiger partial charge >= 0.3 is 6.09 Å². The Morgan fingerprint density at radius 3 is 2.48 bits per heavy atom. The number of aromatic nitrogens is 2. The zero-order chi connectivity index (χ0) is 20.6. The standard InChI is InChI=1S/C20H14FN3O4S/c21-14-7-8-16-17(13-6-9-19(22-11-13)23-20(25)26)12-24(18(16)10-14)29(27,28)15-4-2-1-3-5-15/h1-12H,(H,22,23)(H,25,26). The number of anilines is 1. The first-order valence-electron chi connectivity index (χ1n) is 8.44. The van der Waals surface area contributed by atoms with Crippen LogP contribution < -0.4 is 5.32 Å². The van der Waals surface area contributed by atoms with Crippen molar-refractivity contribution in [3.05, 3.63) is 78.9 Å². The molecule has 4 rings (SSSR count). The molecular formula is C20H14FN3O4S. The van der Waals surface area contributed by atoms with Crippen molar-refractivity contribution in [2.45, 2.75) is 4.90 Å². The van der Waals surface area contributed by atoms with Gasteiger partial charge in [-0.05, 0) is 42.5 Å². The zero-order valence-corrected chi connectivity index (χ0v) is 15.6. The summed E-state index contributed by atoms with van der Waals surface area (Å²) in [5, 5.41) is 11.4. The van der Waals surface area contributed by atoms with Crippen LogP contribution in [0.4, 0.5) is 15.0 Å². The molecule has 0 aliphatic carbocycles. The molecule has 9 heteroatoms. The van der Waals surface area contributed by atoms with E-state index in [1.807, 2.05) is 0 Å². The maximum atomic E-state index is 13.9. The molecule has 29 heavy (non-hydrogen) atoms. The summed E-state index contributed by atoms with van der Waals surface area (Å²) in [5.74, 6) is -0.432. The summed E-state index contributed by atoms with van der Waals surface area (Å²) in [6, 6.07) is 14.8. The van der Waals surface area contributed by atoms with Gasteiger partial charge < -0.3 is 5.11 Å². The molecule has 2 N–H and O–H groups in total. The lowest BCUT2D eigenvalue weighted by Crippen LogP contribution is -2.11. The third-order valence-corrected chi connectivity index (χ3v) is 6.03. The Morgan fingerprint density at radius 1 is 1.07 bits per heavy atom. The number of rotatable bonds is 4. The second kappa shape index (κ2) is 7.02. The Balaban J connectivity index is 1.90. The van der Waals surface area contributed by atoms with Crippen LogP contribution in [-0.4, -0.2) is 28.6 Å². The molecule has 1 amide bonds. The number of amides is 1. The van der Waals surface area contributed by atoms with Crippen LogP contribution in [0.25, 0.3) is 22.0 Å². The van der Waals surface area contributed by atoms with Gasteiger partial charge in [0.2, 0.25) is 0 Å². The van der Waals surface area contributed by atoms with Crippen LogP contribution in [0.15, 0.2) is 78.0 Å². The van der Waals surface area contributed by atoms with Gasteiger partial charge in [0.05, 0.1) is 10.4 Å². The molecule has 0 spiro atoms. The average molecular weight is 411 g/mol. The minimum Gasteiger partial charge on any atom is -0.465 e. The Kier molecular flexibility index (Phi) is 4.51. The monoisotopic (exact) mass is 411 g/mol. The van der Waals surface area contributed by atoms with Gasteiger partial charge in [0.25, 0.3) is 10.0 Å². The van der Waals surface area contributed by atoms with Gasteiger partial charge in [-0.1, -0.05) is 18.2 Å². The highest BCUT2D eigenvalue weighted by Gasteiger charge is 2.22. The smallest absolute Gasteiger partial charge is 0.410 e. The topological polar surface area (TPSA) is 101 Å². The lowest BCUT2D eigenvalue weighted by atomic mass is 10.1. The molecule has 0 saturated carbocycles. The quantitative estimate of drug-likeness (QED) is 0.525. The van der Waals surface area contributed by atoms with Crippen molar-refractivity contribution in [3.63, 3.8) is 0 Å². The van der Waals surface area contributed by atoms with Crippen molar-refractivity contribution in [2.24, 2.45) is 0 Å². The predicted octanol–water partition coefficient (Wildman–Crippen LogP) is 4.17. The lowest BCUT2D eigenvalue weighted by Gasteiger charge is -2.07. The number of nitrogens with one attached hydrogen (secondary N) is 1. The molecule has 146 valence electrons. The molecule has 0 aliphatic heterocycles. The van der Waals surface area contributed by atoms with Gasteiger partial charge in [-0.25, -0.2) is 26.6 Å². The number of benzene rings is 2. The van der Waals surface area contributed by atoms with Crippen LogP contribution in [0.3, 0.4) is 0 Å². The van der Waals surface area contributed by atoms with E-state index in [0.717, 1.165) is 10.0 Å². The van der Waals surface area contributed by atoms with E-state index in [1.54, 1.807) is 24.3 Å². The van der Waals surface area contributed by atoms with Gasteiger partial charge in [0, 0.05) is 28.9 Å². The van der Waals surface area contributed by atoms with Crippen LogP contribution >= 0.6 is 0 Å². The van der Waals surface area contributed by atoms with Crippen molar-refractivity contribution in [3.8, 4) is 11.1 Å². The fraction of sp³-hybridized carbons (Fsp3) is 0. The third-order valence-electron chi connectivity index (χ3n) is 4.34. The molecule has 0 bridgehead atoms. The molecule has 2 aromatic carbocycles. The van der Waals surface area contributed by atoms with E-state index in [2.05, 4.69) is 10.3 Å². The molecule has 0 atom stereocenters. The molecule has 0 aliphatic rings. The SMILES string of the molecule is O=C(O)Nc1ccc(-c2cn(S(=O)(=O)c3ccccc3)c3cc(F)ccc23)cn1. The minimum absolute atomic E-state index is 0.0758. The van der Waals surface area contributed by atoms with Crippen LogP contribution in [0.2, 0.25) is 0 Å². The van der Waals surface area contributed by atoms with E-state index in [0.29, 0.717) is 16.5 Å². The second-order valence-corrected chi connectivity index (χ2v) is 8.00. The molecular weight excluding hydrogens is 397 g/mol. The van der Waals surface area contributed by atoms with Crippen molar-refractivity contribution >= 4 is 32.8 Å². The van der Waals surface area contributed by atoms with Crippen LogP contribution in [0.1, 0.15) is 0 Å². The van der Waals surface area contributed by atoms with E-state index in [9.17, 15) is 17.6 Å². The maximum Gasteiger partial charge on any atom is 0.410 e. The van der Waals surface area contributed by atoms with Crippen LogP contribution in [-0.2, 0) is 10.0 Å². The Morgan fingerprint density at radius 2 is 1.83 bits per heavy atom. The summed E-state index contributed by atoms with van der Waals surface area (Å²) in [7, 11) is -3.95. The molecule has 2 heterocycles. The Bertz CT molecular complexity index is 1320. The Hall–Kier alpha value is -3.72. The van der Waals surface area contributed by atoms with E-state index in [4.69, 9.17) is 5.11 Å². The van der Waals surface area contributed by atoms with E-state index >= 15 is 0 Å². The molecule has 2 aromatic heterocycles. The predicted molar refractivity (Wildman–Crippen MR) is 106 cm³/mol. The van der Waals surface area contributed by atoms with Gasteiger partial charge in [-0.2, -0.15) is 0 Å². The van der Waals surface area contributed by atoms with Crippen molar-refractivity contribution in [1.29, 1.82) is 0 Å². The lowest BCUT2D eigenvalue weighted by molar-refractivity contribution is 0.209. The average Bonchev–Trinajstić information content (AvgIpc) is 3.08. The molecule has 0 radical (unpaired) electrons. The van der Waals surface area contributed by atoms with E-state index in [1.165, 1.54) is 42.7 Å². The second-order valence-electron chi connectivity index (χ2n) is 6.18. The zero-order valence-electron chi connectivity index (χ0n) is 14.8. The van der Waals surface area contributed by atoms with Crippen molar-refractivity contribution in [2.75, 3.05) is 5.32 Å². The summed E-state index contributed by atoms with van der Waals surface area (Å²) in [5.41, 5.74) is 1.27. The number of nitrogens with zero attached hydrogens (tertiary/aromatic N) is 2. The van der Waals surface area contributed by atoms with E-state index in [-0.39, 0.29) is 16.2 Å². The fourth-order valence-electron chi connectivity index (χ4n) is 3.04. The fourth-order valence-corrected chi connectivity index (χ4v) is 4.43. The largest absolute Gasteiger partial charge is 0.465 e. The van der Waals surface area contributed by atoms with Crippen molar-refractivity contribution < 1.29 is 22.7 Å². The number of hydrogen-bond donors (Lipinski definition) is 2. The Labute approximate surface area is 165 Å². The number of pyridine rings is 1. The van der Waals surface area contributed by atoms with E-state index < -0.39 is 21.9 Å². The normalized spacial score (nSPS) is 11.5. The summed E-state index contributed by atoms with van der Waals surface area (Å²) < 4.78 is 41.2. The number of halogens is 1. The van der Waals surface area contributed by atoms with Gasteiger partial charge in [0.1, 0.15) is 11.6 Å². The number of fused-ring (bicyclic) bond motifs is 1. The first-order chi connectivity index (χ1) is 13.9. The highest BCUT2D eigenvalue weighted by atomic mass is 32.2. The summed E-state index contributed by atoms with van der Waals surface area (Å²) in [6.07, 6.45) is 1.59. The van der Waals surface area contributed by atoms with Gasteiger partial charge in [-0.15, -0.1) is 0 Å². The molecule has 7 nitrogen and oxygen atoms in total. The highest BCUT2D eigenvalue weighted by molar-refractivity contribution is 7.90. The number of hydrogen-bond acceptors (Lipinski definition) is 4.